The molecule has 152 valence electrons. The highest BCUT2D eigenvalue weighted by atomic mass is 35.5. The van der Waals surface area contributed by atoms with Gasteiger partial charge in [0.05, 0.1) is 18.9 Å². The topological polar surface area (TPSA) is 98.1 Å². The first-order chi connectivity index (χ1) is 13.2. The molecule has 2 unspecified atom stereocenters. The molecule has 0 aliphatic rings. The van der Waals surface area contributed by atoms with Gasteiger partial charge in [-0.3, -0.25) is 9.59 Å². The number of likely N-dealkylation sites (N-methyl/N-ethyl adjacent to an activating group) is 1. The largest absolute Gasteiger partial charge is 0.481 e. The number of hydrogen-bond acceptors (Lipinski definition) is 4. The van der Waals surface area contributed by atoms with E-state index in [1.807, 2.05) is 61.5 Å². The van der Waals surface area contributed by atoms with Gasteiger partial charge < -0.3 is 20.2 Å². The summed E-state index contributed by atoms with van der Waals surface area (Å²) in [4.78, 5) is 21.3. The number of aliphatic hydroxyl groups is 1. The Bertz CT molecular complexity index is 720. The van der Waals surface area contributed by atoms with E-state index in [1.54, 1.807) is 0 Å². The lowest BCUT2D eigenvalue weighted by Gasteiger charge is -2.26. The summed E-state index contributed by atoms with van der Waals surface area (Å²) in [7, 11) is 3.93. The minimum absolute atomic E-state index is 0.0455. The van der Waals surface area contributed by atoms with Crippen molar-refractivity contribution in [3.05, 3.63) is 70.7 Å². The first-order valence-corrected chi connectivity index (χ1v) is 9.15. The average molecular weight is 408 g/mol. The maximum atomic E-state index is 10.6. The highest BCUT2D eigenvalue weighted by Crippen LogP contribution is 2.29. The fraction of sp³-hybridized carbons (Fsp3) is 0.333. The molecule has 7 heteroatoms. The molecule has 0 aliphatic carbocycles. The van der Waals surface area contributed by atoms with E-state index in [9.17, 15) is 14.7 Å². The Labute approximate surface area is 170 Å². The summed E-state index contributed by atoms with van der Waals surface area (Å²) in [6.45, 7) is 0.613. The molecule has 0 aromatic heterocycles. The fourth-order valence-electron chi connectivity index (χ4n) is 2.66. The number of carboxylic acids is 2. The molecule has 0 aliphatic heterocycles. The molecule has 2 rings (SSSR count). The molecule has 28 heavy (non-hydrogen) atoms. The van der Waals surface area contributed by atoms with Gasteiger partial charge in [-0.2, -0.15) is 0 Å². The van der Waals surface area contributed by atoms with Crippen LogP contribution < -0.4 is 0 Å². The van der Waals surface area contributed by atoms with Gasteiger partial charge in [-0.15, -0.1) is 0 Å². The van der Waals surface area contributed by atoms with Crippen LogP contribution in [0.25, 0.3) is 0 Å². The van der Waals surface area contributed by atoms with Gasteiger partial charge in [0, 0.05) is 17.5 Å². The normalized spacial score (nSPS) is 12.6. The number of halogens is 1. The molecule has 2 atom stereocenters. The minimum atomic E-state index is -1.08. The quantitative estimate of drug-likeness (QED) is 0.620. The van der Waals surface area contributed by atoms with Crippen molar-refractivity contribution in [2.24, 2.45) is 0 Å². The van der Waals surface area contributed by atoms with Crippen LogP contribution in [0.5, 0.6) is 0 Å². The second kappa shape index (κ2) is 12.1. The third-order valence-corrected chi connectivity index (χ3v) is 4.13. The zero-order chi connectivity index (χ0) is 21.1. The Morgan fingerprint density at radius 1 is 0.893 bits per heavy atom. The van der Waals surface area contributed by atoms with Crippen molar-refractivity contribution in [3.8, 4) is 0 Å². The Balaban J connectivity index is 0.000000416. The zero-order valence-corrected chi connectivity index (χ0v) is 16.7. The predicted molar refractivity (Wildman–Crippen MR) is 109 cm³/mol. The lowest BCUT2D eigenvalue weighted by molar-refractivity contribution is -0.143. The molecule has 3 N–H and O–H groups in total. The van der Waals surface area contributed by atoms with Crippen molar-refractivity contribution in [1.82, 2.24) is 4.90 Å². The lowest BCUT2D eigenvalue weighted by atomic mass is 9.86. The van der Waals surface area contributed by atoms with Crippen molar-refractivity contribution in [3.63, 3.8) is 0 Å². The van der Waals surface area contributed by atoms with Crippen molar-refractivity contribution in [2.45, 2.75) is 24.9 Å². The molecule has 2 aromatic rings. The number of hydrogen-bond donors (Lipinski definition) is 3. The molecule has 0 saturated carbocycles. The number of carboxylic acid groups (broad SMARTS) is 2. The highest BCUT2D eigenvalue weighted by Gasteiger charge is 2.23. The monoisotopic (exact) mass is 407 g/mol. The van der Waals surface area contributed by atoms with Gasteiger partial charge in [-0.1, -0.05) is 54.1 Å². The summed E-state index contributed by atoms with van der Waals surface area (Å²) in [6, 6.07) is 17.8. The van der Waals surface area contributed by atoms with E-state index in [2.05, 4.69) is 12.1 Å². The lowest BCUT2D eigenvalue weighted by Crippen LogP contribution is -2.31. The van der Waals surface area contributed by atoms with Crippen LogP contribution in [0.4, 0.5) is 0 Å². The zero-order valence-electron chi connectivity index (χ0n) is 16.0. The Kier molecular flexibility index (Phi) is 10.2. The first kappa shape index (κ1) is 23.6. The van der Waals surface area contributed by atoms with Gasteiger partial charge in [0.1, 0.15) is 0 Å². The molecule has 6 nitrogen and oxygen atoms in total. The maximum Gasteiger partial charge on any atom is 0.303 e. The molecular weight excluding hydrogens is 382 g/mol. The standard InChI is InChI=1S/C17H20ClNO.C4H6O4/c1-19(2)12-16(20)17(13-6-4-3-5-7-13)14-8-10-15(18)11-9-14;5-3(6)1-2-4(7)8/h3-11,16-17,20H,12H2,1-2H3;1-2H2,(H,5,6)(H,7,8). The molecule has 2 aromatic carbocycles. The SMILES string of the molecule is CN(C)CC(O)C(c1ccccc1)c1ccc(Cl)cc1.O=C(O)CCC(=O)O. The third-order valence-electron chi connectivity index (χ3n) is 3.88. The number of benzene rings is 2. The van der Waals surface area contributed by atoms with E-state index in [0.717, 1.165) is 11.1 Å². The van der Waals surface area contributed by atoms with Gasteiger partial charge in [0.15, 0.2) is 0 Å². The minimum Gasteiger partial charge on any atom is -0.481 e. The van der Waals surface area contributed by atoms with Crippen LogP contribution in [0.3, 0.4) is 0 Å². The fourth-order valence-corrected chi connectivity index (χ4v) is 2.79. The van der Waals surface area contributed by atoms with Crippen LogP contribution in [-0.4, -0.2) is 58.9 Å². The molecule has 0 amide bonds. The summed E-state index contributed by atoms with van der Waals surface area (Å²) >= 11 is 5.96. The molecule has 0 saturated heterocycles. The molecule has 0 heterocycles. The smallest absolute Gasteiger partial charge is 0.303 e. The first-order valence-electron chi connectivity index (χ1n) is 8.77. The maximum absolute atomic E-state index is 10.6. The van der Waals surface area contributed by atoms with Crippen molar-refractivity contribution in [2.75, 3.05) is 20.6 Å². The van der Waals surface area contributed by atoms with Crippen LogP contribution in [-0.2, 0) is 9.59 Å². The van der Waals surface area contributed by atoms with E-state index in [-0.39, 0.29) is 18.8 Å². The second-order valence-corrected chi connectivity index (χ2v) is 6.99. The summed E-state index contributed by atoms with van der Waals surface area (Å²) in [5, 5.41) is 27.1. The van der Waals surface area contributed by atoms with Crippen LogP contribution in [0, 0.1) is 0 Å². The Morgan fingerprint density at radius 3 is 1.79 bits per heavy atom. The third kappa shape index (κ3) is 8.99. The van der Waals surface area contributed by atoms with Gasteiger partial charge in [-0.25, -0.2) is 0 Å². The number of aliphatic hydroxyl groups excluding tert-OH is 1. The number of nitrogens with zero attached hydrogens (tertiary/aromatic N) is 1. The van der Waals surface area contributed by atoms with E-state index in [1.165, 1.54) is 0 Å². The van der Waals surface area contributed by atoms with Crippen molar-refractivity contribution >= 4 is 23.5 Å². The number of rotatable bonds is 8. The van der Waals surface area contributed by atoms with Crippen LogP contribution in [0.1, 0.15) is 29.9 Å². The summed E-state index contributed by atoms with van der Waals surface area (Å²) in [5.41, 5.74) is 2.19. The number of aliphatic carboxylic acids is 2. The van der Waals surface area contributed by atoms with Gasteiger partial charge in [0.25, 0.3) is 0 Å². The molecule has 0 fully saturated rings. The molecule has 0 radical (unpaired) electrons. The van der Waals surface area contributed by atoms with Crippen LogP contribution in [0.15, 0.2) is 54.6 Å². The van der Waals surface area contributed by atoms with Crippen LogP contribution >= 0.6 is 11.6 Å². The van der Waals surface area contributed by atoms with Gasteiger partial charge in [-0.05, 0) is 37.4 Å². The van der Waals surface area contributed by atoms with E-state index >= 15 is 0 Å². The average Bonchev–Trinajstić information content (AvgIpc) is 2.63. The van der Waals surface area contributed by atoms with Crippen molar-refractivity contribution in [1.29, 1.82) is 0 Å². The van der Waals surface area contributed by atoms with Crippen LogP contribution in [0.2, 0.25) is 5.02 Å². The molecule has 0 spiro atoms. The highest BCUT2D eigenvalue weighted by molar-refractivity contribution is 6.30. The summed E-state index contributed by atoms with van der Waals surface area (Å²) < 4.78 is 0. The molecular formula is C21H26ClNO5. The number of carbonyl (C=O) groups is 2. The van der Waals surface area contributed by atoms with E-state index < -0.39 is 18.0 Å². The van der Waals surface area contributed by atoms with E-state index in [0.29, 0.717) is 11.6 Å². The Hall–Kier alpha value is -2.41. The predicted octanol–water partition coefficient (Wildman–Crippen LogP) is 3.33. The summed E-state index contributed by atoms with van der Waals surface area (Å²) in [5.74, 6) is -2.20. The molecule has 0 bridgehead atoms. The van der Waals surface area contributed by atoms with Crippen molar-refractivity contribution < 1.29 is 24.9 Å². The van der Waals surface area contributed by atoms with Gasteiger partial charge in [0.2, 0.25) is 0 Å². The van der Waals surface area contributed by atoms with E-state index in [4.69, 9.17) is 21.8 Å². The summed E-state index contributed by atoms with van der Waals surface area (Å²) in [6.07, 6.45) is -1.06. The van der Waals surface area contributed by atoms with Gasteiger partial charge >= 0.3 is 11.9 Å². The second-order valence-electron chi connectivity index (χ2n) is 6.56. The Morgan fingerprint density at radius 2 is 1.36 bits per heavy atom.